The van der Waals surface area contributed by atoms with Crippen molar-refractivity contribution >= 4 is 22.2 Å². The Bertz CT molecular complexity index is 464. The van der Waals surface area contributed by atoms with Gasteiger partial charge in [0.05, 0.1) is 17.6 Å². The SMILES string of the molecule is Cc1nc(Nc2cnn(C(C)C)c2)sc1C. The molecule has 1 N–H and O–H groups in total. The Kier molecular flexibility index (Phi) is 2.96. The zero-order valence-electron chi connectivity index (χ0n) is 9.98. The van der Waals surface area contributed by atoms with Crippen LogP contribution in [0.15, 0.2) is 12.4 Å². The summed E-state index contributed by atoms with van der Waals surface area (Å²) >= 11 is 1.67. The van der Waals surface area contributed by atoms with Crippen LogP contribution in [0.4, 0.5) is 10.8 Å². The minimum atomic E-state index is 0.385. The van der Waals surface area contributed by atoms with Crippen molar-refractivity contribution in [3.63, 3.8) is 0 Å². The maximum atomic E-state index is 4.43. The predicted molar refractivity (Wildman–Crippen MR) is 67.5 cm³/mol. The molecule has 86 valence electrons. The maximum absolute atomic E-state index is 4.43. The average Bonchev–Trinajstić information content (AvgIpc) is 2.76. The van der Waals surface area contributed by atoms with Gasteiger partial charge in [-0.3, -0.25) is 4.68 Å². The summed E-state index contributed by atoms with van der Waals surface area (Å²) in [5, 5.41) is 8.47. The second-order valence-corrected chi connectivity index (χ2v) is 5.29. The van der Waals surface area contributed by atoms with Crippen LogP contribution in [0.2, 0.25) is 0 Å². The van der Waals surface area contributed by atoms with Crippen molar-refractivity contribution in [2.75, 3.05) is 5.32 Å². The number of nitrogens with one attached hydrogen (secondary N) is 1. The quantitative estimate of drug-likeness (QED) is 0.889. The first-order chi connectivity index (χ1) is 7.56. The molecular weight excluding hydrogens is 220 g/mol. The van der Waals surface area contributed by atoms with Gasteiger partial charge in [0.15, 0.2) is 5.13 Å². The van der Waals surface area contributed by atoms with Crippen LogP contribution in [0, 0.1) is 13.8 Å². The summed E-state index contributed by atoms with van der Waals surface area (Å²) in [5.41, 5.74) is 2.08. The number of rotatable bonds is 3. The molecule has 0 atom stereocenters. The average molecular weight is 236 g/mol. The molecule has 4 nitrogen and oxygen atoms in total. The van der Waals surface area contributed by atoms with Crippen molar-refractivity contribution in [1.29, 1.82) is 0 Å². The van der Waals surface area contributed by atoms with E-state index in [1.54, 1.807) is 11.3 Å². The third-order valence-electron chi connectivity index (χ3n) is 2.41. The third-order valence-corrected chi connectivity index (χ3v) is 3.40. The molecule has 0 saturated heterocycles. The van der Waals surface area contributed by atoms with E-state index in [1.165, 1.54) is 4.88 Å². The van der Waals surface area contributed by atoms with E-state index >= 15 is 0 Å². The van der Waals surface area contributed by atoms with E-state index in [-0.39, 0.29) is 0 Å². The van der Waals surface area contributed by atoms with Crippen LogP contribution in [-0.4, -0.2) is 14.8 Å². The predicted octanol–water partition coefficient (Wildman–Crippen LogP) is 3.28. The van der Waals surface area contributed by atoms with Crippen LogP contribution in [-0.2, 0) is 0 Å². The van der Waals surface area contributed by atoms with E-state index in [1.807, 2.05) is 24.0 Å². The van der Waals surface area contributed by atoms with E-state index in [4.69, 9.17) is 0 Å². The number of aryl methyl sites for hydroxylation is 2. The van der Waals surface area contributed by atoms with Gasteiger partial charge in [-0.2, -0.15) is 5.10 Å². The maximum Gasteiger partial charge on any atom is 0.187 e. The van der Waals surface area contributed by atoms with Gasteiger partial charge in [0.2, 0.25) is 0 Å². The van der Waals surface area contributed by atoms with Gasteiger partial charge in [-0.15, -0.1) is 11.3 Å². The van der Waals surface area contributed by atoms with E-state index in [2.05, 4.69) is 36.2 Å². The zero-order chi connectivity index (χ0) is 11.7. The Morgan fingerprint density at radius 2 is 2.12 bits per heavy atom. The Balaban J connectivity index is 2.14. The number of nitrogens with zero attached hydrogens (tertiary/aromatic N) is 3. The van der Waals surface area contributed by atoms with Crippen LogP contribution in [0.1, 0.15) is 30.5 Å². The molecule has 0 radical (unpaired) electrons. The summed E-state index contributed by atoms with van der Waals surface area (Å²) in [7, 11) is 0. The fraction of sp³-hybridized carbons (Fsp3) is 0.455. The van der Waals surface area contributed by atoms with Crippen molar-refractivity contribution in [2.24, 2.45) is 0 Å². The normalized spacial score (nSPS) is 11.1. The lowest BCUT2D eigenvalue weighted by Crippen LogP contribution is -1.99. The van der Waals surface area contributed by atoms with E-state index < -0.39 is 0 Å². The molecule has 0 unspecified atom stereocenters. The molecule has 5 heteroatoms. The first-order valence-electron chi connectivity index (χ1n) is 5.31. The van der Waals surface area contributed by atoms with Gasteiger partial charge in [-0.05, 0) is 27.7 Å². The number of hydrogen-bond donors (Lipinski definition) is 1. The molecule has 0 amide bonds. The van der Waals surface area contributed by atoms with Crippen LogP contribution in [0.25, 0.3) is 0 Å². The van der Waals surface area contributed by atoms with Crippen LogP contribution in [0.5, 0.6) is 0 Å². The molecule has 2 aromatic heterocycles. The largest absolute Gasteiger partial charge is 0.329 e. The van der Waals surface area contributed by atoms with Crippen LogP contribution >= 0.6 is 11.3 Å². The summed E-state index contributed by atoms with van der Waals surface area (Å²) in [6.07, 6.45) is 3.82. The lowest BCUT2D eigenvalue weighted by atomic mass is 10.4. The zero-order valence-corrected chi connectivity index (χ0v) is 10.8. The number of anilines is 2. The molecule has 2 rings (SSSR count). The van der Waals surface area contributed by atoms with Crippen molar-refractivity contribution in [3.8, 4) is 0 Å². The molecular formula is C11H16N4S. The molecule has 2 aromatic rings. The molecule has 0 saturated carbocycles. The fourth-order valence-corrected chi connectivity index (χ4v) is 2.17. The van der Waals surface area contributed by atoms with Crippen LogP contribution in [0.3, 0.4) is 0 Å². The Morgan fingerprint density at radius 1 is 1.38 bits per heavy atom. The Labute approximate surface area is 99.3 Å². The van der Waals surface area contributed by atoms with Gasteiger partial charge < -0.3 is 5.32 Å². The summed E-state index contributed by atoms with van der Waals surface area (Å²) in [5.74, 6) is 0. The second kappa shape index (κ2) is 4.25. The first-order valence-corrected chi connectivity index (χ1v) is 6.13. The molecule has 0 aliphatic carbocycles. The number of thiazole rings is 1. The summed E-state index contributed by atoms with van der Waals surface area (Å²) in [6, 6.07) is 0.385. The number of hydrogen-bond acceptors (Lipinski definition) is 4. The molecule has 0 fully saturated rings. The molecule has 2 heterocycles. The van der Waals surface area contributed by atoms with E-state index in [0.29, 0.717) is 6.04 Å². The lowest BCUT2D eigenvalue weighted by molar-refractivity contribution is 0.532. The van der Waals surface area contributed by atoms with Crippen molar-refractivity contribution in [1.82, 2.24) is 14.8 Å². The van der Waals surface area contributed by atoms with E-state index in [0.717, 1.165) is 16.5 Å². The lowest BCUT2D eigenvalue weighted by Gasteiger charge is -2.03. The number of aromatic nitrogens is 3. The van der Waals surface area contributed by atoms with Crippen molar-refractivity contribution in [2.45, 2.75) is 33.7 Å². The second-order valence-electron chi connectivity index (χ2n) is 4.09. The van der Waals surface area contributed by atoms with Gasteiger partial charge in [0.1, 0.15) is 0 Å². The summed E-state index contributed by atoms with van der Waals surface area (Å²) in [6.45, 7) is 8.31. The molecule has 0 aromatic carbocycles. The highest BCUT2D eigenvalue weighted by molar-refractivity contribution is 7.15. The minimum Gasteiger partial charge on any atom is -0.329 e. The van der Waals surface area contributed by atoms with Crippen molar-refractivity contribution < 1.29 is 0 Å². The first kappa shape index (κ1) is 11.1. The van der Waals surface area contributed by atoms with Gasteiger partial charge in [-0.25, -0.2) is 4.98 Å². The van der Waals surface area contributed by atoms with Crippen LogP contribution < -0.4 is 5.32 Å². The van der Waals surface area contributed by atoms with Crippen molar-refractivity contribution in [3.05, 3.63) is 23.0 Å². The summed E-state index contributed by atoms with van der Waals surface area (Å²) < 4.78 is 1.93. The molecule has 0 aliphatic rings. The minimum absolute atomic E-state index is 0.385. The van der Waals surface area contributed by atoms with Gasteiger partial charge in [0, 0.05) is 17.1 Å². The molecule has 0 aliphatic heterocycles. The highest BCUT2D eigenvalue weighted by Crippen LogP contribution is 2.24. The monoisotopic (exact) mass is 236 g/mol. The standard InChI is InChI=1S/C11H16N4S/c1-7(2)15-6-10(5-12-15)14-11-13-8(3)9(4)16-11/h5-7H,1-4H3,(H,13,14). The van der Waals surface area contributed by atoms with Gasteiger partial charge in [-0.1, -0.05) is 0 Å². The smallest absolute Gasteiger partial charge is 0.187 e. The third kappa shape index (κ3) is 2.24. The molecule has 16 heavy (non-hydrogen) atoms. The van der Waals surface area contributed by atoms with Gasteiger partial charge in [0.25, 0.3) is 0 Å². The highest BCUT2D eigenvalue weighted by atomic mass is 32.1. The summed E-state index contributed by atoms with van der Waals surface area (Å²) in [4.78, 5) is 5.68. The highest BCUT2D eigenvalue weighted by Gasteiger charge is 2.06. The van der Waals surface area contributed by atoms with Gasteiger partial charge >= 0.3 is 0 Å². The Hall–Kier alpha value is -1.36. The Morgan fingerprint density at radius 3 is 2.62 bits per heavy atom. The fourth-order valence-electron chi connectivity index (χ4n) is 1.33. The molecule has 0 bridgehead atoms. The molecule has 0 spiro atoms. The van der Waals surface area contributed by atoms with E-state index in [9.17, 15) is 0 Å². The topological polar surface area (TPSA) is 42.7 Å².